The Morgan fingerprint density at radius 2 is 1.78 bits per heavy atom. The molecule has 0 saturated carbocycles. The van der Waals surface area contributed by atoms with Crippen molar-refractivity contribution in [2.75, 3.05) is 17.7 Å². The minimum absolute atomic E-state index is 0.0107. The summed E-state index contributed by atoms with van der Waals surface area (Å²) in [7, 11) is 1.62. The van der Waals surface area contributed by atoms with Crippen LogP contribution in [0.25, 0.3) is 0 Å². The van der Waals surface area contributed by atoms with E-state index < -0.39 is 11.0 Å². The third-order valence-electron chi connectivity index (χ3n) is 5.97. The van der Waals surface area contributed by atoms with E-state index >= 15 is 0 Å². The van der Waals surface area contributed by atoms with Gasteiger partial charge in [-0.25, -0.2) is 0 Å². The Kier molecular flexibility index (Phi) is 4.89. The zero-order valence-corrected chi connectivity index (χ0v) is 17.3. The number of hydrogen-bond acceptors (Lipinski definition) is 7. The van der Waals surface area contributed by atoms with Crippen LogP contribution in [0.2, 0.25) is 0 Å². The van der Waals surface area contributed by atoms with Crippen molar-refractivity contribution in [3.8, 4) is 5.75 Å². The van der Waals surface area contributed by atoms with Gasteiger partial charge in [-0.3, -0.25) is 14.9 Å². The number of fused-ring (bicyclic) bond motifs is 1. The first-order valence-corrected chi connectivity index (χ1v) is 10.3. The molecule has 0 radical (unpaired) electrons. The molecule has 0 unspecified atom stereocenters. The summed E-state index contributed by atoms with van der Waals surface area (Å²) in [5.41, 5.74) is 4.04. The van der Waals surface area contributed by atoms with Crippen LogP contribution in [-0.2, 0) is 4.79 Å². The Labute approximate surface area is 184 Å². The molecule has 0 bridgehead atoms. The normalized spacial score (nSPS) is 19.8. The zero-order chi connectivity index (χ0) is 22.2. The monoisotopic (exact) mass is 431 g/mol. The van der Waals surface area contributed by atoms with Crippen LogP contribution in [0.5, 0.6) is 5.75 Å². The highest BCUT2D eigenvalue weighted by Gasteiger charge is 2.37. The van der Waals surface area contributed by atoms with Gasteiger partial charge in [0.05, 0.1) is 24.6 Å². The molecule has 1 aliphatic heterocycles. The molecule has 0 spiro atoms. The molecule has 0 amide bonds. The second-order valence-electron chi connectivity index (χ2n) is 7.87. The quantitative estimate of drug-likeness (QED) is 0.433. The maximum absolute atomic E-state index is 13.4. The number of nitrogens with one attached hydrogen (secondary N) is 2. The van der Waals surface area contributed by atoms with Gasteiger partial charge in [0.25, 0.3) is 0 Å². The predicted molar refractivity (Wildman–Crippen MR) is 119 cm³/mol. The topological polar surface area (TPSA) is 107 Å². The van der Waals surface area contributed by atoms with E-state index in [1.165, 1.54) is 6.07 Å². The summed E-state index contributed by atoms with van der Waals surface area (Å²) in [6, 6.07) is 17.6. The number of carbonyl (C=O) groups is 1. The van der Waals surface area contributed by atoms with Crippen molar-refractivity contribution in [3.63, 3.8) is 0 Å². The number of nitro groups is 1. The Hall–Kier alpha value is -4.07. The number of rotatable bonds is 4. The number of ether oxygens (including phenoxy) is 1. The van der Waals surface area contributed by atoms with Crippen LogP contribution in [0.3, 0.4) is 0 Å². The molecule has 2 atom stereocenters. The van der Waals surface area contributed by atoms with Gasteiger partial charge >= 0.3 is 5.88 Å². The lowest BCUT2D eigenvalue weighted by Gasteiger charge is -2.29. The lowest BCUT2D eigenvalue weighted by Crippen LogP contribution is -2.26. The van der Waals surface area contributed by atoms with E-state index in [1.54, 1.807) is 13.2 Å². The minimum atomic E-state index is -0.626. The molecular formula is C24H21N3O5. The number of furan rings is 1. The van der Waals surface area contributed by atoms with E-state index in [9.17, 15) is 14.9 Å². The van der Waals surface area contributed by atoms with Gasteiger partial charge in [0.2, 0.25) is 0 Å². The van der Waals surface area contributed by atoms with Gasteiger partial charge in [-0.05, 0) is 48.2 Å². The standard InChI is InChI=1S/C24H21N3O5/c1-31-16-8-6-14(7-9-16)15-12-19-23(20(28)13-15)24(21-10-11-22(32-21)27(29)30)26-18-5-3-2-4-17(18)25-19/h2-11,15,24-26H,12-13H2,1H3/t15-,24-/m1/s1. The Balaban J connectivity index is 1.57. The second kappa shape index (κ2) is 7.88. The minimum Gasteiger partial charge on any atom is -0.497 e. The number of benzene rings is 2. The van der Waals surface area contributed by atoms with Gasteiger partial charge in [-0.15, -0.1) is 0 Å². The van der Waals surface area contributed by atoms with Crippen LogP contribution in [0.1, 0.15) is 36.1 Å². The highest BCUT2D eigenvalue weighted by atomic mass is 16.6. The number of ketones is 1. The van der Waals surface area contributed by atoms with Gasteiger partial charge in [-0.1, -0.05) is 24.3 Å². The molecule has 162 valence electrons. The number of nitrogens with zero attached hydrogens (tertiary/aromatic N) is 1. The third-order valence-corrected chi connectivity index (χ3v) is 5.97. The van der Waals surface area contributed by atoms with Gasteiger partial charge in [0.15, 0.2) is 5.78 Å². The average molecular weight is 431 g/mol. The maximum atomic E-state index is 13.4. The molecule has 5 rings (SSSR count). The Bertz CT molecular complexity index is 1230. The number of anilines is 2. The number of hydrogen-bond donors (Lipinski definition) is 2. The van der Waals surface area contributed by atoms with Crippen LogP contribution in [-0.4, -0.2) is 17.8 Å². The molecule has 32 heavy (non-hydrogen) atoms. The molecule has 1 aromatic heterocycles. The molecular weight excluding hydrogens is 410 g/mol. The number of para-hydroxylation sites is 2. The summed E-state index contributed by atoms with van der Waals surface area (Å²) >= 11 is 0. The summed E-state index contributed by atoms with van der Waals surface area (Å²) < 4.78 is 10.7. The lowest BCUT2D eigenvalue weighted by atomic mass is 9.79. The molecule has 8 nitrogen and oxygen atoms in total. The van der Waals surface area contributed by atoms with Gasteiger partial charge in [0.1, 0.15) is 22.5 Å². The van der Waals surface area contributed by atoms with Crippen molar-refractivity contribution in [1.29, 1.82) is 0 Å². The number of allylic oxidation sites excluding steroid dienone is 1. The van der Waals surface area contributed by atoms with Crippen molar-refractivity contribution in [2.45, 2.75) is 24.8 Å². The van der Waals surface area contributed by atoms with Crippen LogP contribution in [0.4, 0.5) is 17.3 Å². The van der Waals surface area contributed by atoms with E-state index in [2.05, 4.69) is 10.6 Å². The van der Waals surface area contributed by atoms with Crippen LogP contribution >= 0.6 is 0 Å². The molecule has 2 heterocycles. The summed E-state index contributed by atoms with van der Waals surface area (Å²) in [5.74, 6) is 0.731. The molecule has 2 aromatic carbocycles. The SMILES string of the molecule is COc1ccc([C@H]2CC(=O)C3=C(C2)Nc2ccccc2N[C@@H]3c2ccc([N+](=O)[O-])o2)cc1. The summed E-state index contributed by atoms with van der Waals surface area (Å²) in [4.78, 5) is 24.0. The smallest absolute Gasteiger partial charge is 0.433 e. The lowest BCUT2D eigenvalue weighted by molar-refractivity contribution is -0.402. The van der Waals surface area contributed by atoms with Gasteiger partial charge in [-0.2, -0.15) is 0 Å². The first-order chi connectivity index (χ1) is 15.5. The molecule has 0 saturated heterocycles. The van der Waals surface area contributed by atoms with Gasteiger partial charge in [0, 0.05) is 17.7 Å². The molecule has 2 aliphatic rings. The van der Waals surface area contributed by atoms with E-state index in [1.807, 2.05) is 48.5 Å². The van der Waals surface area contributed by atoms with E-state index in [0.717, 1.165) is 28.4 Å². The first-order valence-electron chi connectivity index (χ1n) is 10.3. The summed E-state index contributed by atoms with van der Waals surface area (Å²) in [6.45, 7) is 0. The fraction of sp³-hybridized carbons (Fsp3) is 0.208. The van der Waals surface area contributed by atoms with Crippen molar-refractivity contribution < 1.29 is 18.9 Å². The zero-order valence-electron chi connectivity index (χ0n) is 17.3. The van der Waals surface area contributed by atoms with E-state index in [0.29, 0.717) is 24.2 Å². The summed E-state index contributed by atoms with van der Waals surface area (Å²) in [6.07, 6.45) is 0.965. The highest BCUT2D eigenvalue weighted by Crippen LogP contribution is 2.44. The molecule has 1 aliphatic carbocycles. The number of Topliss-reactive ketones (excluding diaryl/α,β-unsaturated/α-hetero) is 1. The van der Waals surface area contributed by atoms with Crippen molar-refractivity contribution in [2.24, 2.45) is 0 Å². The molecule has 8 heteroatoms. The first kappa shape index (κ1) is 19.9. The van der Waals surface area contributed by atoms with Crippen LogP contribution in [0.15, 0.2) is 76.4 Å². The number of carbonyl (C=O) groups excluding carboxylic acids is 1. The van der Waals surface area contributed by atoms with Crippen molar-refractivity contribution >= 4 is 23.0 Å². The molecule has 0 fully saturated rings. The molecule has 2 N–H and O–H groups in total. The van der Waals surface area contributed by atoms with Gasteiger partial charge < -0.3 is 19.8 Å². The Morgan fingerprint density at radius 3 is 2.47 bits per heavy atom. The third kappa shape index (κ3) is 3.49. The van der Waals surface area contributed by atoms with Crippen LogP contribution in [0, 0.1) is 10.1 Å². The average Bonchev–Trinajstić information content (AvgIpc) is 3.23. The summed E-state index contributed by atoms with van der Waals surface area (Å²) in [5, 5.41) is 17.9. The van der Waals surface area contributed by atoms with Crippen molar-refractivity contribution in [3.05, 3.63) is 93.4 Å². The fourth-order valence-electron chi connectivity index (χ4n) is 4.41. The highest BCUT2D eigenvalue weighted by molar-refractivity contribution is 6.01. The Morgan fingerprint density at radius 1 is 1.03 bits per heavy atom. The number of methoxy groups -OCH3 is 1. The van der Waals surface area contributed by atoms with Crippen LogP contribution < -0.4 is 15.4 Å². The van der Waals surface area contributed by atoms with Crippen molar-refractivity contribution in [1.82, 2.24) is 0 Å². The fourth-order valence-corrected chi connectivity index (χ4v) is 4.41. The predicted octanol–water partition coefficient (Wildman–Crippen LogP) is 5.18. The largest absolute Gasteiger partial charge is 0.497 e. The maximum Gasteiger partial charge on any atom is 0.433 e. The molecule has 3 aromatic rings. The van der Waals surface area contributed by atoms with E-state index in [-0.39, 0.29) is 17.6 Å². The second-order valence-corrected chi connectivity index (χ2v) is 7.87. The van der Waals surface area contributed by atoms with E-state index in [4.69, 9.17) is 9.15 Å².